The van der Waals surface area contributed by atoms with Gasteiger partial charge >= 0.3 is 0 Å². The molecule has 0 aliphatic rings. The molecule has 2 N–H and O–H groups in total. The zero-order valence-electron chi connectivity index (χ0n) is 15.7. The molecule has 29 heavy (non-hydrogen) atoms. The number of carbonyl (C=O) groups is 1. The fraction of sp³-hybridized carbons (Fsp3) is 0.0952. The first-order valence-electron chi connectivity index (χ1n) is 8.62. The Kier molecular flexibility index (Phi) is 6.17. The van der Waals surface area contributed by atoms with E-state index in [0.717, 1.165) is 11.1 Å². The van der Waals surface area contributed by atoms with Gasteiger partial charge in [-0.25, -0.2) is 8.42 Å². The molecule has 5 nitrogen and oxygen atoms in total. The molecule has 0 aliphatic heterocycles. The van der Waals surface area contributed by atoms with Crippen molar-refractivity contribution in [1.82, 2.24) is 0 Å². The van der Waals surface area contributed by atoms with E-state index in [9.17, 15) is 13.2 Å². The number of amides is 1. The summed E-state index contributed by atoms with van der Waals surface area (Å²) in [4.78, 5) is 12.4. The van der Waals surface area contributed by atoms with Crippen LogP contribution in [0, 0.1) is 13.8 Å². The molecule has 1 amide bonds. The number of sulfonamides is 1. The van der Waals surface area contributed by atoms with Crippen LogP contribution < -0.4 is 10.0 Å². The van der Waals surface area contributed by atoms with E-state index in [2.05, 4.69) is 10.0 Å². The lowest BCUT2D eigenvalue weighted by Crippen LogP contribution is -2.16. The molecule has 0 saturated heterocycles. The molecular weight excluding hydrogens is 431 g/mol. The second-order valence-electron chi connectivity index (χ2n) is 6.51. The minimum absolute atomic E-state index is 0.0145. The van der Waals surface area contributed by atoms with Crippen LogP contribution in [-0.2, 0) is 10.0 Å². The van der Waals surface area contributed by atoms with Crippen LogP contribution in [-0.4, -0.2) is 14.3 Å². The highest BCUT2D eigenvalue weighted by Crippen LogP contribution is 2.26. The minimum atomic E-state index is -3.99. The van der Waals surface area contributed by atoms with Gasteiger partial charge in [0.15, 0.2) is 0 Å². The molecule has 0 bridgehead atoms. The van der Waals surface area contributed by atoms with Gasteiger partial charge in [0.05, 0.1) is 5.02 Å². The third-order valence-electron chi connectivity index (χ3n) is 4.32. The Morgan fingerprint density at radius 1 is 0.862 bits per heavy atom. The van der Waals surface area contributed by atoms with E-state index in [-0.39, 0.29) is 15.5 Å². The molecule has 3 aromatic rings. The molecule has 8 heteroatoms. The highest BCUT2D eigenvalue weighted by molar-refractivity contribution is 7.92. The van der Waals surface area contributed by atoms with E-state index >= 15 is 0 Å². The third kappa shape index (κ3) is 5.09. The van der Waals surface area contributed by atoms with Gasteiger partial charge in [-0.05, 0) is 73.5 Å². The summed E-state index contributed by atoms with van der Waals surface area (Å²) in [6, 6.07) is 16.0. The van der Waals surface area contributed by atoms with Crippen LogP contribution in [0.1, 0.15) is 21.5 Å². The number of halogens is 2. The Hall–Kier alpha value is -2.54. The molecule has 0 heterocycles. The molecule has 0 aromatic heterocycles. The lowest BCUT2D eigenvalue weighted by Gasteiger charge is -2.12. The molecule has 0 aliphatic carbocycles. The van der Waals surface area contributed by atoms with Gasteiger partial charge in [0.1, 0.15) is 4.90 Å². The Morgan fingerprint density at radius 2 is 1.62 bits per heavy atom. The molecule has 150 valence electrons. The second kappa shape index (κ2) is 8.45. The quantitative estimate of drug-likeness (QED) is 0.528. The van der Waals surface area contributed by atoms with Crippen LogP contribution in [0.2, 0.25) is 10.0 Å². The maximum Gasteiger partial charge on any atom is 0.263 e. The number of hydrogen-bond acceptors (Lipinski definition) is 3. The Bertz CT molecular complexity index is 1190. The van der Waals surface area contributed by atoms with Gasteiger partial charge in [0, 0.05) is 22.0 Å². The summed E-state index contributed by atoms with van der Waals surface area (Å²) in [6.07, 6.45) is 0. The van der Waals surface area contributed by atoms with Crippen LogP contribution in [0.25, 0.3) is 0 Å². The smallest absolute Gasteiger partial charge is 0.263 e. The molecule has 0 unspecified atom stereocenters. The van der Waals surface area contributed by atoms with Crippen molar-refractivity contribution in [2.24, 2.45) is 0 Å². The second-order valence-corrected chi connectivity index (χ2v) is 9.01. The molecule has 0 saturated carbocycles. The first-order valence-corrected chi connectivity index (χ1v) is 10.9. The number of benzene rings is 3. The summed E-state index contributed by atoms with van der Waals surface area (Å²) in [5, 5.41) is 3.17. The van der Waals surface area contributed by atoms with Gasteiger partial charge < -0.3 is 5.32 Å². The van der Waals surface area contributed by atoms with Crippen molar-refractivity contribution in [3.05, 3.63) is 87.4 Å². The molecule has 0 fully saturated rings. The van der Waals surface area contributed by atoms with Gasteiger partial charge in [0.2, 0.25) is 0 Å². The number of nitrogens with one attached hydrogen (secondary N) is 2. The molecule has 0 atom stereocenters. The standard InChI is InChI=1S/C21H18Cl2N2O3S/c1-13-6-8-18(10-14(13)2)25-29(27,28)20-11-15(7-9-19(20)23)21(26)24-17-5-3-4-16(22)12-17/h3-12,25H,1-2H3,(H,24,26). The lowest BCUT2D eigenvalue weighted by molar-refractivity contribution is 0.102. The van der Waals surface area contributed by atoms with Gasteiger partial charge in [-0.3, -0.25) is 9.52 Å². The number of carbonyl (C=O) groups excluding carboxylic acids is 1. The summed E-state index contributed by atoms with van der Waals surface area (Å²) in [5.74, 6) is -0.480. The van der Waals surface area contributed by atoms with Crippen molar-refractivity contribution in [1.29, 1.82) is 0 Å². The van der Waals surface area contributed by atoms with Crippen LogP contribution >= 0.6 is 23.2 Å². The average molecular weight is 449 g/mol. The SMILES string of the molecule is Cc1ccc(NS(=O)(=O)c2cc(C(=O)Nc3cccc(Cl)c3)ccc2Cl)cc1C. The van der Waals surface area contributed by atoms with E-state index in [1.54, 1.807) is 36.4 Å². The summed E-state index contributed by atoms with van der Waals surface area (Å²) >= 11 is 12.0. The summed E-state index contributed by atoms with van der Waals surface area (Å²) < 4.78 is 28.2. The zero-order valence-corrected chi connectivity index (χ0v) is 18.0. The van der Waals surface area contributed by atoms with Gasteiger partial charge in [0.25, 0.3) is 15.9 Å². The normalized spacial score (nSPS) is 11.2. The molecular formula is C21H18Cl2N2O3S. The van der Waals surface area contributed by atoms with Crippen molar-refractivity contribution in [2.45, 2.75) is 18.7 Å². The van der Waals surface area contributed by atoms with Gasteiger partial charge in [-0.15, -0.1) is 0 Å². The van der Waals surface area contributed by atoms with Crippen molar-refractivity contribution >= 4 is 50.5 Å². The Morgan fingerprint density at radius 3 is 2.31 bits per heavy atom. The predicted molar refractivity (Wildman–Crippen MR) is 118 cm³/mol. The predicted octanol–water partition coefficient (Wildman–Crippen LogP) is 5.66. The third-order valence-corrected chi connectivity index (χ3v) is 6.42. The fourth-order valence-electron chi connectivity index (χ4n) is 2.64. The number of aryl methyl sites for hydroxylation is 2. The maximum absolute atomic E-state index is 12.9. The van der Waals surface area contributed by atoms with Crippen molar-refractivity contribution in [3.63, 3.8) is 0 Å². The van der Waals surface area contributed by atoms with Crippen molar-refractivity contribution in [2.75, 3.05) is 10.0 Å². The van der Waals surface area contributed by atoms with Crippen molar-refractivity contribution < 1.29 is 13.2 Å². The largest absolute Gasteiger partial charge is 0.322 e. The average Bonchev–Trinajstić information content (AvgIpc) is 2.64. The number of hydrogen-bond donors (Lipinski definition) is 2. The van der Waals surface area contributed by atoms with E-state index in [1.165, 1.54) is 18.2 Å². The Labute approximate surface area is 179 Å². The maximum atomic E-state index is 12.9. The van der Waals surface area contributed by atoms with E-state index in [4.69, 9.17) is 23.2 Å². The van der Waals surface area contributed by atoms with Crippen LogP contribution in [0.5, 0.6) is 0 Å². The number of anilines is 2. The molecule has 3 rings (SSSR count). The van der Waals surface area contributed by atoms with E-state index in [0.29, 0.717) is 16.4 Å². The Balaban J connectivity index is 1.89. The fourth-order valence-corrected chi connectivity index (χ4v) is 4.40. The number of rotatable bonds is 5. The van der Waals surface area contributed by atoms with Gasteiger partial charge in [-0.2, -0.15) is 0 Å². The monoisotopic (exact) mass is 448 g/mol. The molecule has 0 radical (unpaired) electrons. The zero-order chi connectivity index (χ0) is 21.2. The first kappa shape index (κ1) is 21.2. The first-order chi connectivity index (χ1) is 13.7. The van der Waals surface area contributed by atoms with Crippen molar-refractivity contribution in [3.8, 4) is 0 Å². The topological polar surface area (TPSA) is 75.3 Å². The van der Waals surface area contributed by atoms with E-state index in [1.807, 2.05) is 19.9 Å². The lowest BCUT2D eigenvalue weighted by atomic mass is 10.1. The minimum Gasteiger partial charge on any atom is -0.322 e. The van der Waals surface area contributed by atoms with Crippen LogP contribution in [0.4, 0.5) is 11.4 Å². The van der Waals surface area contributed by atoms with Gasteiger partial charge in [-0.1, -0.05) is 35.3 Å². The molecule has 0 spiro atoms. The highest BCUT2D eigenvalue weighted by atomic mass is 35.5. The highest BCUT2D eigenvalue weighted by Gasteiger charge is 2.21. The molecule has 3 aromatic carbocycles. The van der Waals surface area contributed by atoms with E-state index < -0.39 is 15.9 Å². The summed E-state index contributed by atoms with van der Waals surface area (Å²) in [7, 11) is -3.99. The summed E-state index contributed by atoms with van der Waals surface area (Å²) in [5.41, 5.74) is 3.06. The van der Waals surface area contributed by atoms with Crippen LogP contribution in [0.3, 0.4) is 0 Å². The summed E-state index contributed by atoms with van der Waals surface area (Å²) in [6.45, 7) is 3.83. The van der Waals surface area contributed by atoms with Crippen LogP contribution in [0.15, 0.2) is 65.6 Å².